The van der Waals surface area contributed by atoms with E-state index in [9.17, 15) is 18.0 Å². The second kappa shape index (κ2) is 5.48. The number of carbonyl (C=O) groups excluding carboxylic acids is 1. The van der Waals surface area contributed by atoms with E-state index in [4.69, 9.17) is 10.5 Å². The van der Waals surface area contributed by atoms with Crippen LogP contribution < -0.4 is 21.1 Å². The Balaban J connectivity index is 2.64. The molecule has 0 unspecified atom stereocenters. The smallest absolute Gasteiger partial charge is 0.405 e. The number of nitrogens with two attached hydrogens (primary N) is 1. The van der Waals surface area contributed by atoms with Crippen LogP contribution in [0.2, 0.25) is 0 Å². The van der Waals surface area contributed by atoms with Crippen LogP contribution in [0.1, 0.15) is 0 Å². The van der Waals surface area contributed by atoms with Crippen molar-refractivity contribution in [3.05, 3.63) is 18.2 Å². The van der Waals surface area contributed by atoms with Gasteiger partial charge in [0.2, 0.25) is 0 Å². The summed E-state index contributed by atoms with van der Waals surface area (Å²) < 4.78 is 40.5. The van der Waals surface area contributed by atoms with Crippen molar-refractivity contribution in [3.63, 3.8) is 0 Å². The molecule has 0 aliphatic carbocycles. The molecule has 5 nitrogen and oxygen atoms in total. The predicted octanol–water partition coefficient (Wildman–Crippen LogP) is 1.96. The number of carbonyl (C=O) groups is 1. The molecule has 0 radical (unpaired) electrons. The monoisotopic (exact) mass is 263 g/mol. The maximum Gasteiger partial charge on any atom is 0.405 e. The van der Waals surface area contributed by atoms with Crippen LogP contribution in [0.4, 0.5) is 29.3 Å². The number of halogens is 3. The lowest BCUT2D eigenvalue weighted by atomic mass is 10.2. The van der Waals surface area contributed by atoms with Crippen molar-refractivity contribution in [3.8, 4) is 5.75 Å². The highest BCUT2D eigenvalue weighted by Gasteiger charge is 2.27. The number of urea groups is 1. The Kier molecular flexibility index (Phi) is 4.24. The number of methoxy groups -OCH3 is 1. The van der Waals surface area contributed by atoms with Crippen molar-refractivity contribution in [1.82, 2.24) is 5.32 Å². The molecule has 4 N–H and O–H groups in total. The molecule has 1 aromatic carbocycles. The maximum absolute atomic E-state index is 11.9. The number of rotatable bonds is 3. The number of alkyl halides is 3. The van der Waals surface area contributed by atoms with Gasteiger partial charge in [-0.3, -0.25) is 0 Å². The standard InChI is InChI=1S/C10H12F3N3O2/c1-18-8-4-6(14)2-3-7(8)16-9(17)15-5-10(11,12)13/h2-4H,5,14H2,1H3,(H2,15,16,17). The summed E-state index contributed by atoms with van der Waals surface area (Å²) in [6.45, 7) is -1.41. The van der Waals surface area contributed by atoms with Crippen LogP contribution in [0.3, 0.4) is 0 Å². The Labute approximate surface area is 101 Å². The quantitative estimate of drug-likeness (QED) is 0.729. The van der Waals surface area contributed by atoms with Gasteiger partial charge in [0.25, 0.3) is 0 Å². The number of benzene rings is 1. The third-order valence-electron chi connectivity index (χ3n) is 1.92. The van der Waals surface area contributed by atoms with Gasteiger partial charge in [-0.25, -0.2) is 4.79 Å². The Hall–Kier alpha value is -2.12. The lowest BCUT2D eigenvalue weighted by Crippen LogP contribution is -2.36. The molecule has 0 atom stereocenters. The van der Waals surface area contributed by atoms with Crippen LogP contribution >= 0.6 is 0 Å². The molecule has 8 heteroatoms. The zero-order valence-electron chi connectivity index (χ0n) is 9.47. The first-order valence-corrected chi connectivity index (χ1v) is 4.87. The molecular formula is C10H12F3N3O2. The van der Waals surface area contributed by atoms with Gasteiger partial charge in [0, 0.05) is 11.8 Å². The third kappa shape index (κ3) is 4.40. The lowest BCUT2D eigenvalue weighted by molar-refractivity contribution is -0.122. The summed E-state index contributed by atoms with van der Waals surface area (Å²) in [5.41, 5.74) is 6.13. The first-order valence-electron chi connectivity index (χ1n) is 4.87. The van der Waals surface area contributed by atoms with E-state index < -0.39 is 18.8 Å². The molecule has 1 aromatic rings. The minimum Gasteiger partial charge on any atom is -0.494 e. The van der Waals surface area contributed by atoms with Crippen LogP contribution in [0, 0.1) is 0 Å². The summed E-state index contributed by atoms with van der Waals surface area (Å²) >= 11 is 0. The minimum absolute atomic E-state index is 0.228. The van der Waals surface area contributed by atoms with Crippen LogP contribution in [0.5, 0.6) is 5.75 Å². The highest BCUT2D eigenvalue weighted by Crippen LogP contribution is 2.26. The fourth-order valence-electron chi connectivity index (χ4n) is 1.16. The molecule has 0 spiro atoms. The van der Waals surface area contributed by atoms with E-state index in [0.29, 0.717) is 5.69 Å². The predicted molar refractivity (Wildman–Crippen MR) is 60.5 cm³/mol. The van der Waals surface area contributed by atoms with Gasteiger partial charge in [-0.1, -0.05) is 0 Å². The molecule has 2 amide bonds. The number of hydrogen-bond acceptors (Lipinski definition) is 3. The molecule has 0 fully saturated rings. The Morgan fingerprint density at radius 3 is 2.67 bits per heavy atom. The van der Waals surface area contributed by atoms with Crippen LogP contribution in [0.15, 0.2) is 18.2 Å². The van der Waals surface area contributed by atoms with Crippen molar-refractivity contribution >= 4 is 17.4 Å². The van der Waals surface area contributed by atoms with Gasteiger partial charge in [-0.15, -0.1) is 0 Å². The molecule has 0 bridgehead atoms. The zero-order chi connectivity index (χ0) is 13.8. The summed E-state index contributed by atoms with van der Waals surface area (Å²) in [5, 5.41) is 3.91. The van der Waals surface area contributed by atoms with Crippen molar-refractivity contribution in [2.75, 3.05) is 24.7 Å². The topological polar surface area (TPSA) is 76.4 Å². The van der Waals surface area contributed by atoms with Crippen molar-refractivity contribution in [1.29, 1.82) is 0 Å². The van der Waals surface area contributed by atoms with Crippen molar-refractivity contribution < 1.29 is 22.7 Å². The van der Waals surface area contributed by atoms with Crippen molar-refractivity contribution in [2.45, 2.75) is 6.18 Å². The van der Waals surface area contributed by atoms with Gasteiger partial charge in [-0.05, 0) is 12.1 Å². The summed E-state index contributed by atoms with van der Waals surface area (Å²) in [7, 11) is 1.35. The van der Waals surface area contributed by atoms with E-state index in [-0.39, 0.29) is 11.4 Å². The fourth-order valence-corrected chi connectivity index (χ4v) is 1.16. The molecule has 0 aliphatic heterocycles. The van der Waals surface area contributed by atoms with Crippen molar-refractivity contribution in [2.24, 2.45) is 0 Å². The summed E-state index contributed by atoms with van der Waals surface area (Å²) in [4.78, 5) is 11.2. The summed E-state index contributed by atoms with van der Waals surface area (Å²) in [6, 6.07) is 3.39. The van der Waals surface area contributed by atoms with E-state index >= 15 is 0 Å². The van der Waals surface area contributed by atoms with Gasteiger partial charge in [0.15, 0.2) is 0 Å². The normalized spacial score (nSPS) is 10.9. The second-order valence-electron chi connectivity index (χ2n) is 3.38. The Bertz CT molecular complexity index is 435. The van der Waals surface area contributed by atoms with E-state index in [1.54, 1.807) is 5.32 Å². The molecule has 18 heavy (non-hydrogen) atoms. The summed E-state index contributed by atoms with van der Waals surface area (Å²) in [6.07, 6.45) is -4.46. The molecule has 0 saturated carbocycles. The van der Waals surface area contributed by atoms with Gasteiger partial charge in [0.1, 0.15) is 12.3 Å². The maximum atomic E-state index is 11.9. The zero-order valence-corrected chi connectivity index (χ0v) is 9.47. The number of amides is 2. The highest BCUT2D eigenvalue weighted by molar-refractivity contribution is 5.91. The van der Waals surface area contributed by atoms with Crippen LogP contribution in [0.25, 0.3) is 0 Å². The van der Waals surface area contributed by atoms with E-state index in [2.05, 4.69) is 5.32 Å². The van der Waals surface area contributed by atoms with Crippen LogP contribution in [-0.2, 0) is 0 Å². The number of nitrogen functional groups attached to an aromatic ring is 1. The molecule has 0 saturated heterocycles. The molecule has 0 aromatic heterocycles. The van der Waals surface area contributed by atoms with Gasteiger partial charge in [0.05, 0.1) is 12.8 Å². The molecule has 0 aliphatic rings. The lowest BCUT2D eigenvalue weighted by Gasteiger charge is -2.12. The molecule has 0 heterocycles. The Morgan fingerprint density at radius 1 is 1.44 bits per heavy atom. The SMILES string of the molecule is COc1cc(N)ccc1NC(=O)NCC(F)(F)F. The number of ether oxygens (including phenoxy) is 1. The van der Waals surface area contributed by atoms with Gasteiger partial charge >= 0.3 is 12.2 Å². The first-order chi connectivity index (χ1) is 8.31. The van der Waals surface area contributed by atoms with Gasteiger partial charge < -0.3 is 21.1 Å². The molecule has 100 valence electrons. The number of anilines is 2. The average Bonchev–Trinajstić information content (AvgIpc) is 2.28. The number of hydrogen-bond donors (Lipinski definition) is 3. The third-order valence-corrected chi connectivity index (χ3v) is 1.92. The van der Waals surface area contributed by atoms with E-state index in [0.717, 1.165) is 0 Å². The van der Waals surface area contributed by atoms with Crippen LogP contribution in [-0.4, -0.2) is 25.9 Å². The largest absolute Gasteiger partial charge is 0.494 e. The van der Waals surface area contributed by atoms with Gasteiger partial charge in [-0.2, -0.15) is 13.2 Å². The second-order valence-corrected chi connectivity index (χ2v) is 3.38. The summed E-state index contributed by atoms with van der Waals surface area (Å²) in [5.74, 6) is 0.261. The highest BCUT2D eigenvalue weighted by atomic mass is 19.4. The van der Waals surface area contributed by atoms with E-state index in [1.165, 1.54) is 25.3 Å². The number of nitrogens with one attached hydrogen (secondary N) is 2. The Morgan fingerprint density at radius 2 is 2.11 bits per heavy atom. The molecule has 1 rings (SSSR count). The minimum atomic E-state index is -4.46. The fraction of sp³-hybridized carbons (Fsp3) is 0.300. The molecular weight excluding hydrogens is 251 g/mol. The average molecular weight is 263 g/mol. The van der Waals surface area contributed by atoms with E-state index in [1.807, 2.05) is 0 Å². The first kappa shape index (κ1) is 13.9.